The molecule has 4 nitrogen and oxygen atoms in total. The van der Waals surface area contributed by atoms with Crippen LogP contribution >= 0.6 is 0 Å². The molecule has 4 heteroatoms. The molecule has 1 aliphatic heterocycles. The highest BCUT2D eigenvalue weighted by Crippen LogP contribution is 2.52. The van der Waals surface area contributed by atoms with E-state index >= 15 is 0 Å². The zero-order chi connectivity index (χ0) is 13.9. The number of hydrogen-bond acceptors (Lipinski definition) is 4. The Morgan fingerprint density at radius 1 is 1.32 bits per heavy atom. The van der Waals surface area contributed by atoms with E-state index in [4.69, 9.17) is 4.74 Å². The Kier molecular flexibility index (Phi) is 2.67. The van der Waals surface area contributed by atoms with Gasteiger partial charge >= 0.3 is 5.97 Å². The van der Waals surface area contributed by atoms with Crippen LogP contribution in [0.2, 0.25) is 0 Å². The predicted molar refractivity (Wildman–Crippen MR) is 68.9 cm³/mol. The summed E-state index contributed by atoms with van der Waals surface area (Å²) in [6.45, 7) is 6.40. The van der Waals surface area contributed by atoms with E-state index in [1.807, 2.05) is 13.0 Å². The Bertz CT molecular complexity index is 500. The number of aliphatic hydroxyl groups excluding tert-OH is 2. The van der Waals surface area contributed by atoms with Crippen LogP contribution in [-0.4, -0.2) is 28.6 Å². The van der Waals surface area contributed by atoms with E-state index in [2.05, 4.69) is 13.8 Å². The Balaban J connectivity index is 2.07. The molecule has 0 aromatic heterocycles. The van der Waals surface area contributed by atoms with Crippen molar-refractivity contribution < 1.29 is 19.7 Å². The van der Waals surface area contributed by atoms with Gasteiger partial charge in [0.15, 0.2) is 0 Å². The molecular formula is C15H20O4. The van der Waals surface area contributed by atoms with Crippen molar-refractivity contribution in [2.24, 2.45) is 17.3 Å². The summed E-state index contributed by atoms with van der Waals surface area (Å²) in [4.78, 5) is 11.8. The molecule has 4 atom stereocenters. The maximum absolute atomic E-state index is 11.8. The quantitative estimate of drug-likeness (QED) is 0.651. The lowest BCUT2D eigenvalue weighted by molar-refractivity contribution is -0.152. The Hall–Kier alpha value is -1.13. The minimum absolute atomic E-state index is 0.0385. The molecule has 0 unspecified atom stereocenters. The molecule has 104 valence electrons. The van der Waals surface area contributed by atoms with Crippen LogP contribution < -0.4 is 0 Å². The summed E-state index contributed by atoms with van der Waals surface area (Å²) in [6.07, 6.45) is 1.66. The van der Waals surface area contributed by atoms with Crippen molar-refractivity contribution in [3.8, 4) is 0 Å². The molecule has 0 bridgehead atoms. The van der Waals surface area contributed by atoms with E-state index < -0.39 is 18.4 Å². The Morgan fingerprint density at radius 3 is 2.68 bits per heavy atom. The van der Waals surface area contributed by atoms with E-state index in [1.54, 1.807) is 0 Å². The third-order valence-corrected chi connectivity index (χ3v) is 4.76. The zero-order valence-electron chi connectivity index (χ0n) is 11.5. The SMILES string of the molecule is CC1=CC2=C(C(=O)O[C@@H]2O)[C@@H](O)[C@@H]2CC(C)(C)C[C@H]12. The first-order valence-electron chi connectivity index (χ1n) is 6.79. The van der Waals surface area contributed by atoms with Gasteiger partial charge in [-0.05, 0) is 37.0 Å². The highest BCUT2D eigenvalue weighted by molar-refractivity contribution is 5.94. The molecule has 0 spiro atoms. The summed E-state index contributed by atoms with van der Waals surface area (Å²) in [7, 11) is 0. The van der Waals surface area contributed by atoms with Gasteiger partial charge in [0, 0.05) is 5.57 Å². The van der Waals surface area contributed by atoms with Crippen LogP contribution in [0.4, 0.5) is 0 Å². The topological polar surface area (TPSA) is 66.8 Å². The number of hydrogen-bond donors (Lipinski definition) is 2. The normalized spacial score (nSPS) is 40.5. The van der Waals surface area contributed by atoms with Crippen molar-refractivity contribution in [2.45, 2.75) is 46.0 Å². The van der Waals surface area contributed by atoms with Crippen LogP contribution in [0.3, 0.4) is 0 Å². The van der Waals surface area contributed by atoms with E-state index in [-0.39, 0.29) is 22.8 Å². The monoisotopic (exact) mass is 264 g/mol. The number of allylic oxidation sites excluding steroid dienone is 1. The van der Waals surface area contributed by atoms with Crippen molar-refractivity contribution in [3.63, 3.8) is 0 Å². The minimum Gasteiger partial charge on any atom is -0.428 e. The molecule has 19 heavy (non-hydrogen) atoms. The van der Waals surface area contributed by atoms with Gasteiger partial charge in [0.25, 0.3) is 0 Å². The molecule has 1 saturated carbocycles. The van der Waals surface area contributed by atoms with Crippen LogP contribution in [0.15, 0.2) is 22.8 Å². The van der Waals surface area contributed by atoms with Gasteiger partial charge in [-0.15, -0.1) is 0 Å². The average Bonchev–Trinajstić information content (AvgIpc) is 2.73. The van der Waals surface area contributed by atoms with Gasteiger partial charge in [-0.3, -0.25) is 0 Å². The number of fused-ring (bicyclic) bond motifs is 1. The summed E-state index contributed by atoms with van der Waals surface area (Å²) in [5, 5.41) is 20.3. The molecule has 3 rings (SSSR count). The number of carbonyl (C=O) groups is 1. The van der Waals surface area contributed by atoms with Gasteiger partial charge in [0.1, 0.15) is 0 Å². The molecule has 0 radical (unpaired) electrons. The number of rotatable bonds is 0. The molecule has 0 aromatic carbocycles. The number of carbonyl (C=O) groups excluding carboxylic acids is 1. The first-order chi connectivity index (χ1) is 8.80. The van der Waals surface area contributed by atoms with Crippen molar-refractivity contribution in [1.29, 1.82) is 0 Å². The van der Waals surface area contributed by atoms with E-state index in [0.29, 0.717) is 5.57 Å². The number of ether oxygens (including phenoxy) is 1. The molecule has 3 aliphatic rings. The third-order valence-electron chi connectivity index (χ3n) is 4.76. The molecule has 2 aliphatic carbocycles. The highest BCUT2D eigenvalue weighted by atomic mass is 16.6. The second-order valence-corrected chi connectivity index (χ2v) is 6.80. The fourth-order valence-electron chi connectivity index (χ4n) is 3.93. The minimum atomic E-state index is -1.22. The van der Waals surface area contributed by atoms with E-state index in [1.165, 1.54) is 0 Å². The van der Waals surface area contributed by atoms with E-state index in [9.17, 15) is 15.0 Å². The summed E-state index contributed by atoms with van der Waals surface area (Å²) in [6, 6.07) is 0. The van der Waals surface area contributed by atoms with Gasteiger partial charge < -0.3 is 14.9 Å². The largest absolute Gasteiger partial charge is 0.428 e. The summed E-state index contributed by atoms with van der Waals surface area (Å²) < 4.78 is 4.82. The highest BCUT2D eigenvalue weighted by Gasteiger charge is 2.49. The van der Waals surface area contributed by atoms with Crippen molar-refractivity contribution in [1.82, 2.24) is 0 Å². The number of aliphatic hydroxyl groups is 2. The molecule has 1 fully saturated rings. The lowest BCUT2D eigenvalue weighted by Crippen LogP contribution is -2.28. The molecule has 2 N–H and O–H groups in total. The van der Waals surface area contributed by atoms with Crippen LogP contribution in [-0.2, 0) is 9.53 Å². The lowest BCUT2D eigenvalue weighted by atomic mass is 9.85. The smallest absolute Gasteiger partial charge is 0.339 e. The molecule has 0 aromatic rings. The zero-order valence-corrected chi connectivity index (χ0v) is 11.5. The van der Waals surface area contributed by atoms with Crippen molar-refractivity contribution >= 4 is 5.97 Å². The maximum atomic E-state index is 11.8. The standard InChI is InChI=1S/C15H20O4/c1-7-4-8-11(14(18)19-13(8)17)12(16)10-6-15(2,3)5-9(7)10/h4,9-10,12-13,16-17H,5-6H2,1-3H3/t9-,10-,12+,13+/m1/s1. The summed E-state index contributed by atoms with van der Waals surface area (Å²) in [5.41, 5.74) is 2.00. The fourth-order valence-corrected chi connectivity index (χ4v) is 3.93. The van der Waals surface area contributed by atoms with Crippen LogP contribution in [0, 0.1) is 17.3 Å². The Labute approximate surface area is 112 Å². The molecule has 1 heterocycles. The first-order valence-corrected chi connectivity index (χ1v) is 6.79. The van der Waals surface area contributed by atoms with Crippen molar-refractivity contribution in [2.75, 3.05) is 0 Å². The number of cyclic esters (lactones) is 1. The second kappa shape index (κ2) is 3.93. The number of esters is 1. The van der Waals surface area contributed by atoms with Crippen LogP contribution in [0.1, 0.15) is 33.6 Å². The molecule has 0 amide bonds. The molecule has 0 saturated heterocycles. The molecular weight excluding hydrogens is 244 g/mol. The lowest BCUT2D eigenvalue weighted by Gasteiger charge is -2.23. The van der Waals surface area contributed by atoms with Crippen LogP contribution in [0.25, 0.3) is 0 Å². The Morgan fingerprint density at radius 2 is 2.00 bits per heavy atom. The predicted octanol–water partition coefficient (Wildman–Crippen LogP) is 1.53. The average molecular weight is 264 g/mol. The van der Waals surface area contributed by atoms with Crippen LogP contribution in [0.5, 0.6) is 0 Å². The maximum Gasteiger partial charge on any atom is 0.339 e. The first kappa shape index (κ1) is 12.9. The third kappa shape index (κ3) is 1.85. The van der Waals surface area contributed by atoms with Gasteiger partial charge in [-0.2, -0.15) is 0 Å². The van der Waals surface area contributed by atoms with Gasteiger partial charge in [0.05, 0.1) is 11.7 Å². The van der Waals surface area contributed by atoms with Gasteiger partial charge in [-0.1, -0.05) is 25.5 Å². The van der Waals surface area contributed by atoms with E-state index in [0.717, 1.165) is 18.4 Å². The van der Waals surface area contributed by atoms with Gasteiger partial charge in [-0.25, -0.2) is 4.79 Å². The fraction of sp³-hybridized carbons (Fsp3) is 0.667. The van der Waals surface area contributed by atoms with Crippen molar-refractivity contribution in [3.05, 3.63) is 22.8 Å². The summed E-state index contributed by atoms with van der Waals surface area (Å²) in [5.74, 6) is -0.267. The summed E-state index contributed by atoms with van der Waals surface area (Å²) >= 11 is 0. The van der Waals surface area contributed by atoms with Gasteiger partial charge in [0.2, 0.25) is 6.29 Å². The second-order valence-electron chi connectivity index (χ2n) is 6.80.